The minimum Gasteiger partial charge on any atom is -0.387 e. The van der Waals surface area contributed by atoms with Crippen LogP contribution in [0.15, 0.2) is 36.7 Å². The van der Waals surface area contributed by atoms with Gasteiger partial charge in [0, 0.05) is 19.3 Å². The molecule has 0 spiro atoms. The average molecular weight is 340 g/mol. The van der Waals surface area contributed by atoms with E-state index in [0.717, 1.165) is 12.5 Å². The van der Waals surface area contributed by atoms with E-state index in [4.69, 9.17) is 0 Å². The fourth-order valence-corrected chi connectivity index (χ4v) is 3.26. The fraction of sp³-hybridized carbons (Fsp3) is 0.500. The molecule has 3 rings (SSSR count). The maximum Gasteiger partial charge on any atom is 0.416 e. The normalized spacial score (nSPS) is 22.7. The van der Waals surface area contributed by atoms with E-state index in [1.54, 1.807) is 16.9 Å². The summed E-state index contributed by atoms with van der Waals surface area (Å²) < 4.78 is 40.9. The number of hydrogen-bond donors (Lipinski definition) is 1. The highest BCUT2D eigenvalue weighted by Crippen LogP contribution is 2.33. The van der Waals surface area contributed by atoms with Crippen LogP contribution in [0.25, 0.3) is 0 Å². The maximum absolute atomic E-state index is 13.1. The number of likely N-dealkylation sites (tertiary alicyclic amines) is 1. The van der Waals surface area contributed by atoms with Gasteiger partial charge in [-0.15, -0.1) is 5.10 Å². The third kappa shape index (κ3) is 3.93. The molecule has 0 bridgehead atoms. The first kappa shape index (κ1) is 16.9. The lowest BCUT2D eigenvalue weighted by atomic mass is 9.92. The van der Waals surface area contributed by atoms with Crippen LogP contribution in [0.5, 0.6) is 0 Å². The third-order valence-corrected chi connectivity index (χ3v) is 4.28. The van der Waals surface area contributed by atoms with Crippen LogP contribution in [0.2, 0.25) is 0 Å². The van der Waals surface area contributed by atoms with Gasteiger partial charge in [0.1, 0.15) is 0 Å². The van der Waals surface area contributed by atoms with Crippen LogP contribution in [-0.4, -0.2) is 43.7 Å². The van der Waals surface area contributed by atoms with Gasteiger partial charge in [0.2, 0.25) is 0 Å². The fourth-order valence-electron chi connectivity index (χ4n) is 3.26. The Morgan fingerprint density at radius 1 is 1.25 bits per heavy atom. The molecule has 0 radical (unpaired) electrons. The predicted molar refractivity (Wildman–Crippen MR) is 80.9 cm³/mol. The van der Waals surface area contributed by atoms with Crippen molar-refractivity contribution in [2.45, 2.75) is 37.7 Å². The molecule has 1 unspecified atom stereocenters. The van der Waals surface area contributed by atoms with Crippen molar-refractivity contribution in [3.63, 3.8) is 0 Å². The molecule has 0 saturated carbocycles. The summed E-state index contributed by atoms with van der Waals surface area (Å²) in [4.78, 5) is 1.87. The molecular weight excluding hydrogens is 321 g/mol. The molecule has 1 aromatic carbocycles. The highest BCUT2D eigenvalue weighted by molar-refractivity contribution is 5.29. The Kier molecular flexibility index (Phi) is 4.60. The van der Waals surface area contributed by atoms with E-state index in [2.05, 4.69) is 10.3 Å². The van der Waals surface area contributed by atoms with E-state index in [1.165, 1.54) is 18.3 Å². The van der Waals surface area contributed by atoms with Crippen molar-refractivity contribution in [1.82, 2.24) is 19.9 Å². The second-order valence-corrected chi connectivity index (χ2v) is 6.29. The SMILES string of the molecule is OC1(Cn2ccnn2)CCCN(Cc2ccccc2C(F)(F)F)C1. The van der Waals surface area contributed by atoms with Crippen molar-refractivity contribution in [2.75, 3.05) is 13.1 Å². The molecule has 1 atom stereocenters. The number of aliphatic hydroxyl groups is 1. The van der Waals surface area contributed by atoms with E-state index in [0.29, 0.717) is 19.5 Å². The monoisotopic (exact) mass is 340 g/mol. The molecular formula is C16H19F3N4O. The first-order valence-electron chi connectivity index (χ1n) is 7.80. The predicted octanol–water partition coefficient (Wildman–Crippen LogP) is 2.32. The molecule has 130 valence electrons. The van der Waals surface area contributed by atoms with Gasteiger partial charge in [-0.05, 0) is 31.0 Å². The lowest BCUT2D eigenvalue weighted by Gasteiger charge is -2.39. The summed E-state index contributed by atoms with van der Waals surface area (Å²) in [5.41, 5.74) is -1.40. The molecule has 5 nitrogen and oxygen atoms in total. The van der Waals surface area contributed by atoms with Crippen LogP contribution in [0.1, 0.15) is 24.0 Å². The number of aromatic nitrogens is 3. The second-order valence-electron chi connectivity index (χ2n) is 6.29. The number of halogens is 3. The van der Waals surface area contributed by atoms with Gasteiger partial charge in [0.15, 0.2) is 0 Å². The van der Waals surface area contributed by atoms with E-state index >= 15 is 0 Å². The van der Waals surface area contributed by atoms with Crippen LogP contribution >= 0.6 is 0 Å². The van der Waals surface area contributed by atoms with Crippen molar-refractivity contribution in [2.24, 2.45) is 0 Å². The summed E-state index contributed by atoms with van der Waals surface area (Å²) in [5.74, 6) is 0. The molecule has 0 aliphatic carbocycles. The maximum atomic E-state index is 13.1. The van der Waals surface area contributed by atoms with Crippen molar-refractivity contribution >= 4 is 0 Å². The molecule has 1 aliphatic rings. The average Bonchev–Trinajstić information content (AvgIpc) is 2.99. The Balaban J connectivity index is 1.72. The van der Waals surface area contributed by atoms with Crippen LogP contribution in [0.4, 0.5) is 13.2 Å². The molecule has 1 N–H and O–H groups in total. The van der Waals surface area contributed by atoms with Gasteiger partial charge in [-0.25, -0.2) is 4.68 Å². The molecule has 0 amide bonds. The van der Waals surface area contributed by atoms with Crippen LogP contribution in [0.3, 0.4) is 0 Å². The van der Waals surface area contributed by atoms with E-state index in [9.17, 15) is 18.3 Å². The third-order valence-electron chi connectivity index (χ3n) is 4.28. The molecule has 24 heavy (non-hydrogen) atoms. The summed E-state index contributed by atoms with van der Waals surface area (Å²) in [5, 5.41) is 18.3. The van der Waals surface area contributed by atoms with E-state index in [1.807, 2.05) is 4.90 Å². The summed E-state index contributed by atoms with van der Waals surface area (Å²) in [6, 6.07) is 5.59. The highest BCUT2D eigenvalue weighted by Gasteiger charge is 2.36. The molecule has 1 aliphatic heterocycles. The Labute approximate surface area is 137 Å². The highest BCUT2D eigenvalue weighted by atomic mass is 19.4. The smallest absolute Gasteiger partial charge is 0.387 e. The lowest BCUT2D eigenvalue weighted by molar-refractivity contribution is -0.138. The Morgan fingerprint density at radius 2 is 2.04 bits per heavy atom. The van der Waals surface area contributed by atoms with Gasteiger partial charge in [0.25, 0.3) is 0 Å². The zero-order valence-corrected chi connectivity index (χ0v) is 13.1. The van der Waals surface area contributed by atoms with Gasteiger partial charge in [0.05, 0.1) is 23.9 Å². The first-order valence-corrected chi connectivity index (χ1v) is 7.80. The Bertz CT molecular complexity index is 674. The number of hydrogen-bond acceptors (Lipinski definition) is 4. The van der Waals surface area contributed by atoms with Gasteiger partial charge in [-0.1, -0.05) is 23.4 Å². The zero-order valence-electron chi connectivity index (χ0n) is 13.1. The van der Waals surface area contributed by atoms with E-state index in [-0.39, 0.29) is 18.7 Å². The van der Waals surface area contributed by atoms with Crippen molar-refractivity contribution < 1.29 is 18.3 Å². The van der Waals surface area contributed by atoms with Crippen molar-refractivity contribution in [3.05, 3.63) is 47.8 Å². The van der Waals surface area contributed by atoms with E-state index < -0.39 is 17.3 Å². The molecule has 2 aromatic rings. The lowest BCUT2D eigenvalue weighted by Crippen LogP contribution is -2.50. The second kappa shape index (κ2) is 6.52. The summed E-state index contributed by atoms with van der Waals surface area (Å²) in [6.07, 6.45) is 0.131. The number of benzene rings is 1. The summed E-state index contributed by atoms with van der Waals surface area (Å²) in [6.45, 7) is 1.41. The van der Waals surface area contributed by atoms with Crippen LogP contribution < -0.4 is 0 Å². The minimum atomic E-state index is -4.37. The van der Waals surface area contributed by atoms with Gasteiger partial charge >= 0.3 is 6.18 Å². The Hall–Kier alpha value is -1.93. The topological polar surface area (TPSA) is 54.2 Å². The Morgan fingerprint density at radius 3 is 2.75 bits per heavy atom. The number of piperidine rings is 1. The van der Waals surface area contributed by atoms with Gasteiger partial charge in [-0.2, -0.15) is 13.2 Å². The molecule has 1 aromatic heterocycles. The van der Waals surface area contributed by atoms with Gasteiger partial charge in [-0.3, -0.25) is 4.90 Å². The van der Waals surface area contributed by atoms with Crippen molar-refractivity contribution in [3.8, 4) is 0 Å². The van der Waals surface area contributed by atoms with Crippen molar-refractivity contribution in [1.29, 1.82) is 0 Å². The van der Waals surface area contributed by atoms with Crippen LogP contribution in [0, 0.1) is 0 Å². The number of nitrogens with zero attached hydrogens (tertiary/aromatic N) is 4. The number of alkyl halides is 3. The summed E-state index contributed by atoms with van der Waals surface area (Å²) in [7, 11) is 0. The molecule has 1 saturated heterocycles. The van der Waals surface area contributed by atoms with Crippen LogP contribution in [-0.2, 0) is 19.3 Å². The zero-order chi connectivity index (χ0) is 17.2. The van der Waals surface area contributed by atoms with Gasteiger partial charge < -0.3 is 5.11 Å². The standard InChI is InChI=1S/C16H19F3N4O/c17-16(18,19)14-5-2-1-4-13(14)10-22-8-3-6-15(24,11-22)12-23-9-7-20-21-23/h1-2,4-5,7,9,24H,3,6,8,10-12H2. The number of β-amino-alcohol motifs (C(OH)–C–C–N with tert-alkyl or cyclic N) is 1. The molecule has 1 fully saturated rings. The quantitative estimate of drug-likeness (QED) is 0.928. The number of rotatable bonds is 4. The molecule has 8 heteroatoms. The summed E-state index contributed by atoms with van der Waals surface area (Å²) >= 11 is 0. The molecule has 2 heterocycles. The first-order chi connectivity index (χ1) is 11.4. The largest absolute Gasteiger partial charge is 0.416 e. The minimum absolute atomic E-state index is 0.162.